The summed E-state index contributed by atoms with van der Waals surface area (Å²) in [6, 6.07) is 0.102. The highest BCUT2D eigenvalue weighted by atomic mass is 32.2. The van der Waals surface area contributed by atoms with Crippen molar-refractivity contribution in [2.24, 2.45) is 13.0 Å². The van der Waals surface area contributed by atoms with E-state index in [0.29, 0.717) is 18.0 Å². The quantitative estimate of drug-likeness (QED) is 0.754. The van der Waals surface area contributed by atoms with Gasteiger partial charge in [0.1, 0.15) is 5.82 Å². The van der Waals surface area contributed by atoms with Gasteiger partial charge in [0.25, 0.3) is 0 Å². The van der Waals surface area contributed by atoms with E-state index in [0.717, 1.165) is 5.82 Å². The van der Waals surface area contributed by atoms with Crippen LogP contribution >= 0.6 is 11.8 Å². The predicted octanol–water partition coefficient (Wildman–Crippen LogP) is 0.797. The number of hydrogen-bond acceptors (Lipinski definition) is 6. The number of rotatable bonds is 6. The molecule has 0 bridgehead atoms. The van der Waals surface area contributed by atoms with Crippen molar-refractivity contribution >= 4 is 27.5 Å². The third-order valence-corrected chi connectivity index (χ3v) is 6.78. The fourth-order valence-corrected chi connectivity index (χ4v) is 5.23. The van der Waals surface area contributed by atoms with Crippen LogP contribution in [0, 0.1) is 5.92 Å². The lowest BCUT2D eigenvalue weighted by Crippen LogP contribution is -2.36. The Labute approximate surface area is 141 Å². The summed E-state index contributed by atoms with van der Waals surface area (Å²) in [4.78, 5) is 12.0. The Hall–Kier alpha value is -1.09. The lowest BCUT2D eigenvalue weighted by molar-refractivity contribution is -0.120. The number of thioether (sulfide) groups is 1. The molecule has 1 aromatic rings. The molecule has 0 aromatic carbocycles. The van der Waals surface area contributed by atoms with Gasteiger partial charge in [-0.05, 0) is 33.1 Å². The summed E-state index contributed by atoms with van der Waals surface area (Å²) in [5.74, 6) is 1.35. The third-order valence-electron chi connectivity index (χ3n) is 3.81. The van der Waals surface area contributed by atoms with Crippen molar-refractivity contribution < 1.29 is 13.2 Å². The van der Waals surface area contributed by atoms with Crippen LogP contribution in [0.2, 0.25) is 0 Å². The van der Waals surface area contributed by atoms with Gasteiger partial charge in [0.05, 0.1) is 16.8 Å². The highest BCUT2D eigenvalue weighted by molar-refractivity contribution is 8.00. The van der Waals surface area contributed by atoms with Crippen molar-refractivity contribution in [3.8, 4) is 0 Å². The van der Waals surface area contributed by atoms with E-state index in [1.54, 1.807) is 0 Å². The second-order valence-electron chi connectivity index (χ2n) is 6.35. The third kappa shape index (κ3) is 4.94. The Bertz CT molecular complexity index is 670. The zero-order valence-corrected chi connectivity index (χ0v) is 15.6. The van der Waals surface area contributed by atoms with Crippen molar-refractivity contribution in [2.75, 3.05) is 11.5 Å². The molecule has 0 radical (unpaired) electrons. The largest absolute Gasteiger partial charge is 0.353 e. The van der Waals surface area contributed by atoms with E-state index in [9.17, 15) is 13.2 Å². The van der Waals surface area contributed by atoms with Gasteiger partial charge in [0, 0.05) is 19.5 Å². The monoisotopic (exact) mass is 360 g/mol. The summed E-state index contributed by atoms with van der Waals surface area (Å²) >= 11 is 1.36. The molecule has 0 unspecified atom stereocenters. The summed E-state index contributed by atoms with van der Waals surface area (Å²) in [5.41, 5.74) is 0. The summed E-state index contributed by atoms with van der Waals surface area (Å²) in [7, 11) is -1.02. The SMILES string of the molecule is CC(C)NC(=O)[C@@H](C)Sc1nnc(C[C@@H]2CCS(=O)(=O)C2)n1C. The van der Waals surface area contributed by atoms with E-state index in [1.165, 1.54) is 11.8 Å². The minimum Gasteiger partial charge on any atom is -0.353 e. The first-order chi connectivity index (χ1) is 10.7. The lowest BCUT2D eigenvalue weighted by atomic mass is 10.1. The maximum Gasteiger partial charge on any atom is 0.233 e. The predicted molar refractivity (Wildman–Crippen MR) is 90.1 cm³/mol. The van der Waals surface area contributed by atoms with Crippen LogP contribution in [0.4, 0.5) is 0 Å². The van der Waals surface area contributed by atoms with E-state index in [2.05, 4.69) is 15.5 Å². The first kappa shape index (κ1) is 18.3. The van der Waals surface area contributed by atoms with Crippen molar-refractivity contribution in [2.45, 2.75) is 50.1 Å². The molecule has 1 aromatic heterocycles. The Morgan fingerprint density at radius 3 is 2.65 bits per heavy atom. The molecule has 1 aliphatic heterocycles. The van der Waals surface area contributed by atoms with E-state index in [1.807, 2.05) is 32.4 Å². The highest BCUT2D eigenvalue weighted by Crippen LogP contribution is 2.25. The van der Waals surface area contributed by atoms with E-state index in [-0.39, 0.29) is 34.6 Å². The number of carbonyl (C=O) groups is 1. The number of nitrogens with zero attached hydrogens (tertiary/aromatic N) is 3. The summed E-state index contributed by atoms with van der Waals surface area (Å²) in [5, 5.41) is 11.6. The Balaban J connectivity index is 1.98. The molecule has 1 amide bonds. The highest BCUT2D eigenvalue weighted by Gasteiger charge is 2.29. The molecule has 0 aliphatic carbocycles. The molecule has 7 nitrogen and oxygen atoms in total. The number of aromatic nitrogens is 3. The van der Waals surface area contributed by atoms with Gasteiger partial charge in [0.2, 0.25) is 5.91 Å². The van der Waals surface area contributed by atoms with Crippen molar-refractivity contribution in [3.05, 3.63) is 5.82 Å². The molecule has 1 aliphatic rings. The fourth-order valence-electron chi connectivity index (χ4n) is 2.53. The number of amides is 1. The second-order valence-corrected chi connectivity index (χ2v) is 9.89. The van der Waals surface area contributed by atoms with Crippen LogP contribution in [0.5, 0.6) is 0 Å². The molecular formula is C14H24N4O3S2. The maximum absolute atomic E-state index is 12.0. The van der Waals surface area contributed by atoms with Crippen molar-refractivity contribution in [3.63, 3.8) is 0 Å². The molecule has 1 fully saturated rings. The molecule has 1 N–H and O–H groups in total. The second kappa shape index (κ2) is 7.21. The molecule has 9 heteroatoms. The van der Waals surface area contributed by atoms with Crippen LogP contribution in [-0.4, -0.2) is 51.9 Å². The smallest absolute Gasteiger partial charge is 0.233 e. The van der Waals surface area contributed by atoms with Crippen LogP contribution < -0.4 is 5.32 Å². The van der Waals surface area contributed by atoms with Gasteiger partial charge in [-0.1, -0.05) is 11.8 Å². The average Bonchev–Trinajstić information content (AvgIpc) is 2.94. The first-order valence-corrected chi connectivity index (χ1v) is 10.4. The topological polar surface area (TPSA) is 94.0 Å². The molecule has 2 heterocycles. The molecule has 0 spiro atoms. The van der Waals surface area contributed by atoms with Crippen molar-refractivity contribution in [1.82, 2.24) is 20.1 Å². The van der Waals surface area contributed by atoms with Crippen LogP contribution in [0.25, 0.3) is 0 Å². The van der Waals surface area contributed by atoms with Crippen LogP contribution in [-0.2, 0) is 28.1 Å². The molecule has 1 saturated heterocycles. The van der Waals surface area contributed by atoms with Gasteiger partial charge >= 0.3 is 0 Å². The van der Waals surface area contributed by atoms with Gasteiger partial charge in [-0.3, -0.25) is 4.79 Å². The number of sulfone groups is 1. The molecule has 0 saturated carbocycles. The maximum atomic E-state index is 12.0. The average molecular weight is 361 g/mol. The van der Waals surface area contributed by atoms with Crippen LogP contribution in [0.1, 0.15) is 33.0 Å². The minimum atomic E-state index is -2.88. The Kier molecular flexibility index (Phi) is 5.72. The van der Waals surface area contributed by atoms with Gasteiger partial charge in [-0.2, -0.15) is 0 Å². The van der Waals surface area contributed by atoms with E-state index < -0.39 is 9.84 Å². The van der Waals surface area contributed by atoms with Crippen LogP contribution in [0.3, 0.4) is 0 Å². The number of carbonyl (C=O) groups excluding carboxylic acids is 1. The summed E-state index contributed by atoms with van der Waals surface area (Å²) in [6.07, 6.45) is 1.29. The Morgan fingerprint density at radius 1 is 1.39 bits per heavy atom. The van der Waals surface area contributed by atoms with E-state index >= 15 is 0 Å². The summed E-state index contributed by atoms with van der Waals surface area (Å²) in [6.45, 7) is 5.68. The standard InChI is InChI=1S/C14H24N4O3S2/c1-9(2)15-13(19)10(3)22-14-17-16-12(18(14)4)7-11-5-6-23(20,21)8-11/h9-11H,5-8H2,1-4H3,(H,15,19)/t10-,11+/m1/s1. The molecule has 2 atom stereocenters. The van der Waals surface area contributed by atoms with E-state index in [4.69, 9.17) is 0 Å². The normalized spacial score (nSPS) is 21.5. The Morgan fingerprint density at radius 2 is 2.09 bits per heavy atom. The number of nitrogens with one attached hydrogen (secondary N) is 1. The fraction of sp³-hybridized carbons (Fsp3) is 0.786. The molecular weight excluding hydrogens is 336 g/mol. The zero-order valence-electron chi connectivity index (χ0n) is 13.9. The van der Waals surface area contributed by atoms with Crippen molar-refractivity contribution in [1.29, 1.82) is 0 Å². The first-order valence-electron chi connectivity index (χ1n) is 7.73. The molecule has 130 valence electrons. The van der Waals surface area contributed by atoms with Gasteiger partial charge in [-0.25, -0.2) is 8.42 Å². The molecule has 2 rings (SSSR count). The van der Waals surface area contributed by atoms with Crippen LogP contribution in [0.15, 0.2) is 5.16 Å². The van der Waals surface area contributed by atoms with Gasteiger partial charge in [0.15, 0.2) is 15.0 Å². The zero-order chi connectivity index (χ0) is 17.2. The summed E-state index contributed by atoms with van der Waals surface area (Å²) < 4.78 is 24.9. The van der Waals surface area contributed by atoms with Gasteiger partial charge < -0.3 is 9.88 Å². The lowest BCUT2D eigenvalue weighted by Gasteiger charge is -2.14. The number of hydrogen-bond donors (Lipinski definition) is 1. The van der Waals surface area contributed by atoms with Gasteiger partial charge in [-0.15, -0.1) is 10.2 Å². The minimum absolute atomic E-state index is 0.0311. The molecule has 23 heavy (non-hydrogen) atoms.